The third kappa shape index (κ3) is 3.68. The molecule has 0 spiro atoms. The monoisotopic (exact) mass is 310 g/mol. The van der Waals surface area contributed by atoms with Crippen molar-refractivity contribution in [2.75, 3.05) is 25.5 Å². The van der Waals surface area contributed by atoms with Gasteiger partial charge < -0.3 is 21.3 Å². The minimum atomic E-state index is -0.711. The lowest BCUT2D eigenvalue weighted by Crippen LogP contribution is -2.62. The van der Waals surface area contributed by atoms with Gasteiger partial charge >= 0.3 is 6.03 Å². The molecule has 1 aliphatic heterocycles. The molecule has 0 unspecified atom stereocenters. The quantitative estimate of drug-likeness (QED) is 0.743. The number of nitrogens with zero attached hydrogens (tertiary/aromatic N) is 1. The Morgan fingerprint density at radius 1 is 1.38 bits per heavy atom. The summed E-state index contributed by atoms with van der Waals surface area (Å²) < 4.78 is 13.5. The van der Waals surface area contributed by atoms with Crippen LogP contribution >= 0.6 is 12.2 Å². The number of halogens is 1. The van der Waals surface area contributed by atoms with E-state index in [9.17, 15) is 9.18 Å². The molecule has 21 heavy (non-hydrogen) atoms. The highest BCUT2D eigenvalue weighted by Crippen LogP contribution is 2.22. The third-order valence-electron chi connectivity index (χ3n) is 3.79. The van der Waals surface area contributed by atoms with E-state index in [4.69, 9.17) is 18.0 Å². The fourth-order valence-electron chi connectivity index (χ4n) is 2.37. The van der Waals surface area contributed by atoms with Gasteiger partial charge in [0, 0.05) is 13.1 Å². The van der Waals surface area contributed by atoms with Crippen molar-refractivity contribution in [3.8, 4) is 0 Å². The Balaban J connectivity index is 2.06. The van der Waals surface area contributed by atoms with Gasteiger partial charge in [0.05, 0.1) is 16.2 Å². The second kappa shape index (κ2) is 6.36. The highest BCUT2D eigenvalue weighted by atomic mass is 32.1. The SMILES string of the molecule is CN1CCC(NC(=O)Nc2ccccc2F)(C(N)=S)CC1. The van der Waals surface area contributed by atoms with Gasteiger partial charge in [0.15, 0.2) is 0 Å². The van der Waals surface area contributed by atoms with Crippen LogP contribution in [0.15, 0.2) is 24.3 Å². The van der Waals surface area contributed by atoms with E-state index in [0.717, 1.165) is 13.1 Å². The minimum absolute atomic E-state index is 0.126. The molecule has 7 heteroatoms. The van der Waals surface area contributed by atoms with Gasteiger partial charge in [-0.2, -0.15) is 0 Å². The van der Waals surface area contributed by atoms with E-state index in [1.807, 2.05) is 7.05 Å². The molecule has 114 valence electrons. The Morgan fingerprint density at radius 2 is 2.00 bits per heavy atom. The number of urea groups is 1. The van der Waals surface area contributed by atoms with Crippen molar-refractivity contribution in [1.29, 1.82) is 0 Å². The predicted molar refractivity (Wildman–Crippen MR) is 84.8 cm³/mol. The summed E-state index contributed by atoms with van der Waals surface area (Å²) in [5, 5.41) is 5.31. The number of likely N-dealkylation sites (tertiary alicyclic amines) is 1. The number of piperidine rings is 1. The van der Waals surface area contributed by atoms with Gasteiger partial charge in [-0.1, -0.05) is 24.4 Å². The number of anilines is 1. The standard InChI is InChI=1S/C14H19FN4OS/c1-19-8-6-14(7-9-19,12(16)21)18-13(20)17-11-5-3-2-4-10(11)15/h2-5H,6-9H2,1H3,(H2,16,21)(H2,17,18,20). The first kappa shape index (κ1) is 15.7. The van der Waals surface area contributed by atoms with Gasteiger partial charge in [0.1, 0.15) is 5.82 Å². The van der Waals surface area contributed by atoms with Crippen LogP contribution in [0, 0.1) is 5.82 Å². The van der Waals surface area contributed by atoms with Crippen LogP contribution < -0.4 is 16.4 Å². The molecule has 1 saturated heterocycles. The van der Waals surface area contributed by atoms with Gasteiger partial charge in [-0.25, -0.2) is 9.18 Å². The number of benzene rings is 1. The van der Waals surface area contributed by atoms with Gasteiger partial charge in [0.2, 0.25) is 0 Å². The molecule has 0 saturated carbocycles. The van der Waals surface area contributed by atoms with Crippen LogP contribution in [0.1, 0.15) is 12.8 Å². The van der Waals surface area contributed by atoms with E-state index in [-0.39, 0.29) is 10.7 Å². The summed E-state index contributed by atoms with van der Waals surface area (Å²) in [5.41, 5.74) is 5.23. The Kier molecular flexibility index (Phi) is 4.74. The number of thiocarbonyl (C=S) groups is 1. The predicted octanol–water partition coefficient (Wildman–Crippen LogP) is 1.70. The van der Waals surface area contributed by atoms with Crippen LogP contribution in [0.2, 0.25) is 0 Å². The molecule has 0 bridgehead atoms. The zero-order chi connectivity index (χ0) is 15.5. The maximum atomic E-state index is 13.5. The number of hydrogen-bond acceptors (Lipinski definition) is 3. The molecule has 2 rings (SSSR count). The van der Waals surface area contributed by atoms with Crippen LogP contribution in [0.5, 0.6) is 0 Å². The summed E-state index contributed by atoms with van der Waals surface area (Å²) in [6, 6.07) is 5.49. The van der Waals surface area contributed by atoms with E-state index in [1.54, 1.807) is 12.1 Å². The maximum absolute atomic E-state index is 13.5. The number of amides is 2. The number of hydrogen-bond donors (Lipinski definition) is 3. The fraction of sp³-hybridized carbons (Fsp3) is 0.429. The zero-order valence-corrected chi connectivity index (χ0v) is 12.7. The number of para-hydroxylation sites is 1. The third-order valence-corrected chi connectivity index (χ3v) is 4.18. The molecule has 1 fully saturated rings. The van der Waals surface area contributed by atoms with Gasteiger partial charge in [-0.15, -0.1) is 0 Å². The van der Waals surface area contributed by atoms with Crippen LogP contribution in [0.3, 0.4) is 0 Å². The average molecular weight is 310 g/mol. The Labute approximate surface area is 128 Å². The van der Waals surface area contributed by atoms with Crippen molar-refractivity contribution in [2.45, 2.75) is 18.4 Å². The molecule has 4 N–H and O–H groups in total. The molecular formula is C14H19FN4OS. The summed E-state index contributed by atoms with van der Waals surface area (Å²) in [6.07, 6.45) is 1.28. The number of rotatable bonds is 3. The maximum Gasteiger partial charge on any atom is 0.320 e. The van der Waals surface area contributed by atoms with E-state index >= 15 is 0 Å². The molecule has 0 aliphatic carbocycles. The zero-order valence-electron chi connectivity index (χ0n) is 11.9. The van der Waals surface area contributed by atoms with Crippen LogP contribution in [0.25, 0.3) is 0 Å². The van der Waals surface area contributed by atoms with Gasteiger partial charge in [-0.3, -0.25) is 0 Å². The molecule has 0 atom stereocenters. The van der Waals surface area contributed by atoms with Gasteiger partial charge in [0.25, 0.3) is 0 Å². The molecule has 0 radical (unpaired) electrons. The summed E-state index contributed by atoms with van der Waals surface area (Å²) in [6.45, 7) is 1.58. The second-order valence-corrected chi connectivity index (χ2v) is 5.75. The van der Waals surface area contributed by atoms with Crippen molar-refractivity contribution in [1.82, 2.24) is 10.2 Å². The lowest BCUT2D eigenvalue weighted by Gasteiger charge is -2.40. The van der Waals surface area contributed by atoms with Crippen molar-refractivity contribution >= 4 is 28.9 Å². The first-order chi connectivity index (χ1) is 9.93. The van der Waals surface area contributed by atoms with E-state index in [0.29, 0.717) is 12.8 Å². The van der Waals surface area contributed by atoms with E-state index < -0.39 is 17.4 Å². The molecular weight excluding hydrogens is 291 g/mol. The molecule has 5 nitrogen and oxygen atoms in total. The normalized spacial score (nSPS) is 18.0. The van der Waals surface area contributed by atoms with Crippen LogP contribution in [0.4, 0.5) is 14.9 Å². The molecule has 1 aromatic carbocycles. The Morgan fingerprint density at radius 3 is 2.57 bits per heavy atom. The molecule has 1 heterocycles. The Hall–Kier alpha value is -1.73. The summed E-state index contributed by atoms with van der Waals surface area (Å²) in [4.78, 5) is 14.5. The average Bonchev–Trinajstić information content (AvgIpc) is 2.44. The molecule has 2 amide bonds. The van der Waals surface area contributed by atoms with E-state index in [2.05, 4.69) is 15.5 Å². The van der Waals surface area contributed by atoms with Crippen molar-refractivity contribution in [2.24, 2.45) is 5.73 Å². The number of nitrogens with two attached hydrogens (primary N) is 1. The topological polar surface area (TPSA) is 70.4 Å². The van der Waals surface area contributed by atoms with Crippen molar-refractivity contribution in [3.63, 3.8) is 0 Å². The summed E-state index contributed by atoms with van der Waals surface area (Å²) in [5.74, 6) is -0.486. The van der Waals surface area contributed by atoms with Gasteiger partial charge in [-0.05, 0) is 32.0 Å². The van der Waals surface area contributed by atoms with Crippen LogP contribution in [-0.2, 0) is 0 Å². The molecule has 1 aromatic rings. The lowest BCUT2D eigenvalue weighted by molar-refractivity contribution is 0.199. The largest absolute Gasteiger partial charge is 0.391 e. The number of nitrogens with one attached hydrogen (secondary N) is 2. The fourth-order valence-corrected chi connectivity index (χ4v) is 2.62. The smallest absolute Gasteiger partial charge is 0.320 e. The highest BCUT2D eigenvalue weighted by molar-refractivity contribution is 7.80. The van der Waals surface area contributed by atoms with Crippen LogP contribution in [-0.4, -0.2) is 41.6 Å². The highest BCUT2D eigenvalue weighted by Gasteiger charge is 2.38. The minimum Gasteiger partial charge on any atom is -0.391 e. The van der Waals surface area contributed by atoms with Crippen molar-refractivity contribution in [3.05, 3.63) is 30.1 Å². The first-order valence-corrected chi connectivity index (χ1v) is 7.16. The lowest BCUT2D eigenvalue weighted by atomic mass is 9.87. The van der Waals surface area contributed by atoms with E-state index in [1.165, 1.54) is 12.1 Å². The second-order valence-electron chi connectivity index (χ2n) is 5.31. The summed E-state index contributed by atoms with van der Waals surface area (Å²) in [7, 11) is 2.00. The number of carbonyl (C=O) groups excluding carboxylic acids is 1. The van der Waals surface area contributed by atoms with Crippen molar-refractivity contribution < 1.29 is 9.18 Å². The Bertz CT molecular complexity index is 544. The summed E-state index contributed by atoms with van der Waals surface area (Å²) >= 11 is 5.12. The number of carbonyl (C=O) groups is 1. The molecule has 0 aromatic heterocycles. The first-order valence-electron chi connectivity index (χ1n) is 6.75. The molecule has 1 aliphatic rings.